The second-order valence-corrected chi connectivity index (χ2v) is 6.54. The maximum Gasteiger partial charge on any atom is 0.305 e. The lowest BCUT2D eigenvalue weighted by molar-refractivity contribution is -0.171. The number of carbonyl (C=O) groups is 3. The zero-order chi connectivity index (χ0) is 15.4. The number of nitrogens with one attached hydrogen (secondary N) is 1. The van der Waals surface area contributed by atoms with E-state index in [0.717, 1.165) is 5.01 Å². The van der Waals surface area contributed by atoms with Crippen LogP contribution in [0.2, 0.25) is 0 Å². The highest BCUT2D eigenvalue weighted by molar-refractivity contribution is 6.06. The highest BCUT2D eigenvalue weighted by Gasteiger charge is 2.64. The number of amides is 3. The van der Waals surface area contributed by atoms with Gasteiger partial charge in [-0.2, -0.15) is 5.01 Å². The quantitative estimate of drug-likeness (QED) is 0.841. The summed E-state index contributed by atoms with van der Waals surface area (Å²) in [6.07, 6.45) is 2.69. The Kier molecular flexibility index (Phi) is 2.77. The lowest BCUT2D eigenvalue weighted by atomic mass is 9.63. The van der Waals surface area contributed by atoms with Crippen LogP contribution in [-0.2, 0) is 9.59 Å². The largest absolute Gasteiger partial charge is 0.459 e. The van der Waals surface area contributed by atoms with Gasteiger partial charge < -0.3 is 4.42 Å². The number of fused-ring (bicyclic) bond motifs is 2. The molecule has 0 spiro atoms. The molecular formula is C15H18N2O4. The van der Waals surface area contributed by atoms with Gasteiger partial charge in [-0.1, -0.05) is 20.8 Å². The molecule has 1 aliphatic carbocycles. The minimum atomic E-state index is -0.637. The van der Waals surface area contributed by atoms with Crippen molar-refractivity contribution in [2.75, 3.05) is 0 Å². The Morgan fingerprint density at radius 1 is 1.38 bits per heavy atom. The van der Waals surface area contributed by atoms with Crippen LogP contribution in [0.25, 0.3) is 0 Å². The summed E-state index contributed by atoms with van der Waals surface area (Å²) in [7, 11) is 0. The minimum absolute atomic E-state index is 0.0675. The Labute approximate surface area is 122 Å². The van der Waals surface area contributed by atoms with E-state index in [-0.39, 0.29) is 23.5 Å². The maximum atomic E-state index is 12.7. The van der Waals surface area contributed by atoms with E-state index in [1.807, 2.05) is 20.8 Å². The molecule has 2 fully saturated rings. The highest BCUT2D eigenvalue weighted by Crippen LogP contribution is 2.59. The van der Waals surface area contributed by atoms with Gasteiger partial charge in [-0.05, 0) is 30.4 Å². The predicted octanol–water partition coefficient (Wildman–Crippen LogP) is 1.74. The first-order valence-corrected chi connectivity index (χ1v) is 7.02. The van der Waals surface area contributed by atoms with E-state index in [9.17, 15) is 14.4 Å². The van der Waals surface area contributed by atoms with Gasteiger partial charge in [0.25, 0.3) is 11.8 Å². The summed E-state index contributed by atoms with van der Waals surface area (Å²) >= 11 is 0. The predicted molar refractivity (Wildman–Crippen MR) is 72.6 cm³/mol. The first-order chi connectivity index (χ1) is 9.79. The summed E-state index contributed by atoms with van der Waals surface area (Å²) in [5.74, 6) is -1.45. The molecule has 0 radical (unpaired) electrons. The van der Waals surface area contributed by atoms with E-state index in [0.29, 0.717) is 12.8 Å². The van der Waals surface area contributed by atoms with Crippen LogP contribution in [0.3, 0.4) is 0 Å². The van der Waals surface area contributed by atoms with Crippen molar-refractivity contribution in [3.63, 3.8) is 0 Å². The maximum absolute atomic E-state index is 12.7. The molecule has 0 unspecified atom stereocenters. The molecule has 2 atom stereocenters. The SMILES string of the molecule is CC1(C)[C@H]2CC[C@]1(C)C(=O)N(NC(=O)c1ccco1)C2=O. The van der Waals surface area contributed by atoms with Gasteiger partial charge >= 0.3 is 5.91 Å². The number of carbonyl (C=O) groups excluding carboxylic acids is 3. The number of hydrogen-bond acceptors (Lipinski definition) is 4. The van der Waals surface area contributed by atoms with E-state index in [4.69, 9.17) is 4.42 Å². The summed E-state index contributed by atoms with van der Waals surface area (Å²) in [6.45, 7) is 5.77. The van der Waals surface area contributed by atoms with E-state index in [2.05, 4.69) is 5.43 Å². The monoisotopic (exact) mass is 290 g/mol. The number of hydrogen-bond donors (Lipinski definition) is 1. The topological polar surface area (TPSA) is 79.6 Å². The third-order valence-electron chi connectivity index (χ3n) is 5.38. The standard InChI is InChI=1S/C15H18N2O4/c1-14(2)9-6-7-15(14,3)13(20)17(12(9)19)16-11(18)10-5-4-8-21-10/h4-5,8-9H,6-7H2,1-3H3,(H,16,18)/t9-,15+/m0/s1. The molecule has 1 saturated heterocycles. The fourth-order valence-electron chi connectivity index (χ4n) is 3.49. The van der Waals surface area contributed by atoms with Crippen molar-refractivity contribution in [2.45, 2.75) is 33.6 Å². The fourth-order valence-corrected chi connectivity index (χ4v) is 3.49. The van der Waals surface area contributed by atoms with E-state index in [1.54, 1.807) is 6.07 Å². The Hall–Kier alpha value is -2.11. The molecule has 6 heteroatoms. The lowest BCUT2D eigenvalue weighted by Crippen LogP contribution is -2.63. The molecule has 21 heavy (non-hydrogen) atoms. The molecule has 112 valence electrons. The first-order valence-electron chi connectivity index (χ1n) is 7.02. The molecule has 3 amide bonds. The first kappa shape index (κ1) is 13.9. The van der Waals surface area contributed by atoms with Gasteiger partial charge in [0.05, 0.1) is 11.7 Å². The summed E-state index contributed by atoms with van der Waals surface area (Å²) in [5, 5.41) is 0.883. The molecule has 1 saturated carbocycles. The van der Waals surface area contributed by atoms with Crippen LogP contribution < -0.4 is 5.43 Å². The molecule has 2 heterocycles. The molecule has 1 N–H and O–H groups in total. The van der Waals surface area contributed by atoms with Gasteiger partial charge in [0.15, 0.2) is 5.76 Å². The van der Waals surface area contributed by atoms with Gasteiger partial charge in [-0.15, -0.1) is 0 Å². The number of hydrazine groups is 1. The average Bonchev–Trinajstić information content (AvgIpc) is 3.00. The summed E-state index contributed by atoms with van der Waals surface area (Å²) in [5.41, 5.74) is 1.35. The van der Waals surface area contributed by atoms with Gasteiger partial charge in [0.1, 0.15) is 0 Å². The zero-order valence-corrected chi connectivity index (χ0v) is 12.3. The second kappa shape index (κ2) is 4.19. The second-order valence-electron chi connectivity index (χ2n) is 6.54. The number of imide groups is 1. The third kappa shape index (κ3) is 1.68. The number of furan rings is 1. The Morgan fingerprint density at radius 3 is 2.71 bits per heavy atom. The van der Waals surface area contributed by atoms with E-state index in [1.165, 1.54) is 12.3 Å². The van der Waals surface area contributed by atoms with Gasteiger partial charge in [0.2, 0.25) is 0 Å². The van der Waals surface area contributed by atoms with Crippen LogP contribution in [0.4, 0.5) is 0 Å². The van der Waals surface area contributed by atoms with Crippen LogP contribution in [0.15, 0.2) is 22.8 Å². The molecule has 2 bridgehead atoms. The van der Waals surface area contributed by atoms with Crippen molar-refractivity contribution >= 4 is 17.7 Å². The lowest BCUT2D eigenvalue weighted by Gasteiger charge is -2.47. The zero-order valence-electron chi connectivity index (χ0n) is 12.3. The smallest absolute Gasteiger partial charge is 0.305 e. The summed E-state index contributed by atoms with van der Waals surface area (Å²) in [6, 6.07) is 3.05. The Bertz CT molecular complexity index is 620. The molecule has 3 rings (SSSR count). The summed E-state index contributed by atoms with van der Waals surface area (Å²) < 4.78 is 4.98. The highest BCUT2D eigenvalue weighted by atomic mass is 16.3. The molecule has 0 aromatic carbocycles. The average molecular weight is 290 g/mol. The van der Waals surface area contributed by atoms with Gasteiger partial charge in [-0.25, -0.2) is 0 Å². The van der Waals surface area contributed by atoms with E-state index >= 15 is 0 Å². The van der Waals surface area contributed by atoms with Crippen LogP contribution >= 0.6 is 0 Å². The van der Waals surface area contributed by atoms with Gasteiger partial charge in [-0.3, -0.25) is 19.8 Å². The van der Waals surface area contributed by atoms with Crippen molar-refractivity contribution in [2.24, 2.45) is 16.7 Å². The summed E-state index contributed by atoms with van der Waals surface area (Å²) in [4.78, 5) is 37.2. The molecule has 1 aliphatic heterocycles. The van der Waals surface area contributed by atoms with Crippen LogP contribution in [0, 0.1) is 16.7 Å². The van der Waals surface area contributed by atoms with Crippen LogP contribution in [-0.4, -0.2) is 22.7 Å². The van der Waals surface area contributed by atoms with Crippen molar-refractivity contribution in [3.05, 3.63) is 24.2 Å². The van der Waals surface area contributed by atoms with Crippen LogP contribution in [0.5, 0.6) is 0 Å². The van der Waals surface area contributed by atoms with Crippen molar-refractivity contribution < 1.29 is 18.8 Å². The van der Waals surface area contributed by atoms with Crippen molar-refractivity contribution in [1.82, 2.24) is 10.4 Å². The normalized spacial score (nSPS) is 30.6. The number of piperidine rings is 1. The Morgan fingerprint density at radius 2 is 2.10 bits per heavy atom. The fraction of sp³-hybridized carbons (Fsp3) is 0.533. The molecule has 2 aliphatic rings. The van der Waals surface area contributed by atoms with Crippen molar-refractivity contribution in [3.8, 4) is 0 Å². The van der Waals surface area contributed by atoms with E-state index < -0.39 is 16.7 Å². The molecular weight excluding hydrogens is 272 g/mol. The molecule has 6 nitrogen and oxygen atoms in total. The van der Waals surface area contributed by atoms with Gasteiger partial charge in [0, 0.05) is 5.92 Å². The number of rotatable bonds is 2. The third-order valence-corrected chi connectivity index (χ3v) is 5.38. The van der Waals surface area contributed by atoms with Crippen molar-refractivity contribution in [1.29, 1.82) is 0 Å². The molecule has 1 aromatic rings. The Balaban J connectivity index is 1.90. The molecule has 1 aromatic heterocycles. The van der Waals surface area contributed by atoms with Crippen LogP contribution in [0.1, 0.15) is 44.2 Å². The minimum Gasteiger partial charge on any atom is -0.459 e. The number of nitrogens with zero attached hydrogens (tertiary/aromatic N) is 1.